The maximum atomic E-state index is 11.6. The van der Waals surface area contributed by atoms with E-state index in [0.29, 0.717) is 5.56 Å². The maximum absolute atomic E-state index is 11.6. The molecule has 152 valence electrons. The van der Waals surface area contributed by atoms with Crippen molar-refractivity contribution in [1.82, 2.24) is 5.32 Å². The number of hydrogen-bond acceptors (Lipinski definition) is 3. The molecule has 4 rings (SSSR count). The van der Waals surface area contributed by atoms with Gasteiger partial charge in [-0.15, -0.1) is 0 Å². The molecular formula is C25H29NO3. The molecule has 2 aromatic carbocycles. The van der Waals surface area contributed by atoms with E-state index in [9.17, 15) is 15.0 Å². The Morgan fingerprint density at radius 3 is 2.55 bits per heavy atom. The average molecular weight is 392 g/mol. The van der Waals surface area contributed by atoms with Crippen molar-refractivity contribution in [2.45, 2.75) is 57.1 Å². The van der Waals surface area contributed by atoms with E-state index in [0.717, 1.165) is 44.2 Å². The van der Waals surface area contributed by atoms with E-state index >= 15 is 0 Å². The minimum atomic E-state index is -1.53. The van der Waals surface area contributed by atoms with Crippen LogP contribution in [0.3, 0.4) is 0 Å². The zero-order valence-corrected chi connectivity index (χ0v) is 16.9. The number of hydrogen-bond donors (Lipinski definition) is 3. The summed E-state index contributed by atoms with van der Waals surface area (Å²) in [6.07, 6.45) is 4.78. The lowest BCUT2D eigenvalue weighted by Gasteiger charge is -2.46. The van der Waals surface area contributed by atoms with Gasteiger partial charge in [-0.2, -0.15) is 0 Å². The van der Waals surface area contributed by atoms with Gasteiger partial charge >= 0.3 is 5.97 Å². The number of carboxylic acid groups (broad SMARTS) is 1. The summed E-state index contributed by atoms with van der Waals surface area (Å²) in [7, 11) is 0. The molecule has 1 aliphatic heterocycles. The monoisotopic (exact) mass is 391 g/mol. The maximum Gasteiger partial charge on any atom is 0.337 e. The molecule has 0 spiro atoms. The number of carboxylic acids is 1. The second-order valence-electron chi connectivity index (χ2n) is 8.36. The fourth-order valence-corrected chi connectivity index (χ4v) is 5.08. The highest BCUT2D eigenvalue weighted by atomic mass is 16.4. The Kier molecular flexibility index (Phi) is 5.57. The lowest BCUT2D eigenvalue weighted by atomic mass is 9.68. The van der Waals surface area contributed by atoms with Crippen molar-refractivity contribution in [3.63, 3.8) is 0 Å². The van der Waals surface area contributed by atoms with Crippen LogP contribution in [0.5, 0.6) is 0 Å². The van der Waals surface area contributed by atoms with Crippen LogP contribution in [0.15, 0.2) is 59.7 Å². The summed E-state index contributed by atoms with van der Waals surface area (Å²) in [6, 6.07) is 16.1. The predicted octanol–water partition coefficient (Wildman–Crippen LogP) is 4.41. The number of aliphatic hydroxyl groups excluding tert-OH is 1. The first-order valence-electron chi connectivity index (χ1n) is 10.5. The molecule has 1 aliphatic carbocycles. The molecule has 1 unspecified atom stereocenters. The largest absolute Gasteiger partial charge is 0.479 e. The van der Waals surface area contributed by atoms with Gasteiger partial charge in [0, 0.05) is 0 Å². The summed E-state index contributed by atoms with van der Waals surface area (Å²) in [5.74, 6) is -1.21. The minimum absolute atomic E-state index is 0.476. The third kappa shape index (κ3) is 3.75. The van der Waals surface area contributed by atoms with Crippen molar-refractivity contribution in [3.8, 4) is 0 Å². The SMILES string of the molecule is Cc1ccc(C[C@]2(c3ccccc3C(O)C(=O)O)NCCC3=C2CCCC3)cc1. The third-order valence-electron chi connectivity index (χ3n) is 6.49. The van der Waals surface area contributed by atoms with Gasteiger partial charge < -0.3 is 15.5 Å². The normalized spacial score (nSPS) is 22.8. The van der Waals surface area contributed by atoms with E-state index in [-0.39, 0.29) is 0 Å². The Morgan fingerprint density at radius 1 is 1.07 bits per heavy atom. The van der Waals surface area contributed by atoms with Crippen LogP contribution < -0.4 is 5.32 Å². The number of benzene rings is 2. The topological polar surface area (TPSA) is 69.6 Å². The lowest BCUT2D eigenvalue weighted by Crippen LogP contribution is -2.51. The van der Waals surface area contributed by atoms with Crippen molar-refractivity contribution in [1.29, 1.82) is 0 Å². The van der Waals surface area contributed by atoms with Gasteiger partial charge in [-0.1, -0.05) is 59.7 Å². The van der Waals surface area contributed by atoms with Gasteiger partial charge in [0.05, 0.1) is 5.54 Å². The summed E-state index contributed by atoms with van der Waals surface area (Å²) >= 11 is 0. The molecule has 2 aliphatic rings. The van der Waals surface area contributed by atoms with Crippen LogP contribution in [-0.4, -0.2) is 22.7 Å². The summed E-state index contributed by atoms with van der Waals surface area (Å²) in [4.78, 5) is 11.6. The molecule has 0 amide bonds. The molecule has 3 N–H and O–H groups in total. The fraction of sp³-hybridized carbons (Fsp3) is 0.400. The second kappa shape index (κ2) is 8.13. The van der Waals surface area contributed by atoms with Crippen molar-refractivity contribution in [2.75, 3.05) is 6.54 Å². The van der Waals surface area contributed by atoms with E-state index in [2.05, 4.69) is 36.5 Å². The van der Waals surface area contributed by atoms with Crippen LogP contribution >= 0.6 is 0 Å². The zero-order chi connectivity index (χ0) is 20.4. The number of carbonyl (C=O) groups is 1. The highest BCUT2D eigenvalue weighted by Crippen LogP contribution is 2.46. The minimum Gasteiger partial charge on any atom is -0.479 e. The van der Waals surface area contributed by atoms with E-state index in [1.807, 2.05) is 18.2 Å². The van der Waals surface area contributed by atoms with Gasteiger partial charge in [0.15, 0.2) is 6.10 Å². The lowest BCUT2D eigenvalue weighted by molar-refractivity contribution is -0.147. The molecule has 0 saturated carbocycles. The standard InChI is InChI=1S/C25H29NO3/c1-17-10-12-18(13-11-17)16-25(21-8-4-2-6-19(21)14-15-26-25)22-9-5-3-7-20(22)23(27)24(28)29/h3,5,7,9-13,23,26-27H,2,4,6,8,14-16H2,1H3,(H,28,29)/t23?,25-/m0/s1. The molecule has 4 nitrogen and oxygen atoms in total. The molecule has 2 atom stereocenters. The first-order chi connectivity index (χ1) is 14.0. The Morgan fingerprint density at radius 2 is 1.79 bits per heavy atom. The van der Waals surface area contributed by atoms with E-state index < -0.39 is 17.6 Å². The number of aliphatic hydroxyl groups is 1. The van der Waals surface area contributed by atoms with E-state index in [4.69, 9.17) is 0 Å². The molecule has 0 fully saturated rings. The van der Waals surface area contributed by atoms with Gasteiger partial charge in [-0.25, -0.2) is 4.79 Å². The number of nitrogens with one attached hydrogen (secondary N) is 1. The van der Waals surface area contributed by atoms with Crippen LogP contribution in [0, 0.1) is 6.92 Å². The van der Waals surface area contributed by atoms with Crippen molar-refractivity contribution < 1.29 is 15.0 Å². The van der Waals surface area contributed by atoms with Gasteiger partial charge in [0.1, 0.15) is 0 Å². The Labute approximate surface area is 172 Å². The molecule has 0 saturated heterocycles. The van der Waals surface area contributed by atoms with Crippen molar-refractivity contribution >= 4 is 5.97 Å². The predicted molar refractivity (Wildman–Crippen MR) is 114 cm³/mol. The summed E-state index contributed by atoms with van der Waals surface area (Å²) < 4.78 is 0. The first-order valence-corrected chi connectivity index (χ1v) is 10.5. The molecule has 29 heavy (non-hydrogen) atoms. The Balaban J connectivity index is 1.90. The molecule has 0 bridgehead atoms. The zero-order valence-electron chi connectivity index (χ0n) is 16.9. The van der Waals surface area contributed by atoms with E-state index in [1.165, 1.54) is 28.7 Å². The smallest absolute Gasteiger partial charge is 0.337 e. The van der Waals surface area contributed by atoms with Gasteiger partial charge in [-0.05, 0) is 74.3 Å². The summed E-state index contributed by atoms with van der Waals surface area (Å²) in [5.41, 5.74) is 6.25. The van der Waals surface area contributed by atoms with Gasteiger partial charge in [-0.3, -0.25) is 0 Å². The highest BCUT2D eigenvalue weighted by Gasteiger charge is 2.42. The summed E-state index contributed by atoms with van der Waals surface area (Å²) in [6.45, 7) is 2.95. The van der Waals surface area contributed by atoms with Gasteiger partial charge in [0.25, 0.3) is 0 Å². The number of rotatable bonds is 5. The highest BCUT2D eigenvalue weighted by molar-refractivity contribution is 5.75. The molecule has 2 aromatic rings. The van der Waals surface area contributed by atoms with E-state index in [1.54, 1.807) is 6.07 Å². The second-order valence-corrected chi connectivity index (χ2v) is 8.36. The Hall–Kier alpha value is -2.43. The van der Waals surface area contributed by atoms with Crippen LogP contribution in [0.25, 0.3) is 0 Å². The van der Waals surface area contributed by atoms with Crippen molar-refractivity contribution in [2.24, 2.45) is 0 Å². The van der Waals surface area contributed by atoms with Crippen LogP contribution in [0.2, 0.25) is 0 Å². The molecule has 0 aromatic heterocycles. The quantitative estimate of drug-likeness (QED) is 0.660. The van der Waals surface area contributed by atoms with Gasteiger partial charge in [0.2, 0.25) is 0 Å². The number of aliphatic carboxylic acids is 1. The molecule has 1 heterocycles. The molecular weight excluding hydrogens is 362 g/mol. The molecule has 0 radical (unpaired) electrons. The van der Waals surface area contributed by atoms with Crippen LogP contribution in [0.4, 0.5) is 0 Å². The number of aryl methyl sites for hydroxylation is 1. The average Bonchev–Trinajstić information content (AvgIpc) is 2.75. The van der Waals surface area contributed by atoms with Crippen LogP contribution in [0.1, 0.15) is 60.5 Å². The fourth-order valence-electron chi connectivity index (χ4n) is 5.08. The Bertz CT molecular complexity index is 927. The third-order valence-corrected chi connectivity index (χ3v) is 6.49. The van der Waals surface area contributed by atoms with Crippen molar-refractivity contribution in [3.05, 3.63) is 81.9 Å². The van der Waals surface area contributed by atoms with Crippen LogP contribution in [-0.2, 0) is 16.8 Å². The molecule has 4 heteroatoms. The first kappa shape index (κ1) is 19.9. The summed E-state index contributed by atoms with van der Waals surface area (Å²) in [5, 5.41) is 23.8.